The summed E-state index contributed by atoms with van der Waals surface area (Å²) in [6.45, 7) is 0.0978. The van der Waals surface area contributed by atoms with E-state index in [1.165, 1.54) is 11.1 Å². The lowest BCUT2D eigenvalue weighted by atomic mass is 9.68. The average Bonchev–Trinajstić information content (AvgIpc) is 2.99. The summed E-state index contributed by atoms with van der Waals surface area (Å²) in [6, 6.07) is 17.2. The number of aliphatic hydroxyl groups excluding tert-OH is 1. The van der Waals surface area contributed by atoms with E-state index in [1.54, 1.807) is 0 Å². The smallest absolute Gasteiger partial charge is 0.0626 e. The SMILES string of the molecule is COC1CCC2(CC1)Cc1ccc(Br)cc1C2N[C@H](CO)c1ccccc1. The predicted octanol–water partition coefficient (Wildman–Crippen LogP) is 4.94. The van der Waals surface area contributed by atoms with Gasteiger partial charge in [0.25, 0.3) is 0 Å². The fraction of sp³-hybridized carbons (Fsp3) is 0.478. The first-order chi connectivity index (χ1) is 13.1. The van der Waals surface area contributed by atoms with Crippen LogP contribution in [-0.4, -0.2) is 24.9 Å². The lowest BCUT2D eigenvalue weighted by Gasteiger charge is -2.43. The standard InChI is InChI=1S/C23H28BrNO2/c1-27-19-9-11-23(12-10-19)14-17-7-8-18(24)13-20(17)22(23)25-21(15-26)16-5-3-2-4-6-16/h2-8,13,19,21-22,25-26H,9-12,14-15H2,1H3/t19?,21-,22?,23?/m1/s1. The molecule has 4 rings (SSSR count). The van der Waals surface area contributed by atoms with Gasteiger partial charge in [-0.25, -0.2) is 0 Å². The van der Waals surface area contributed by atoms with Crippen LogP contribution in [0, 0.1) is 5.41 Å². The number of hydrogen-bond acceptors (Lipinski definition) is 3. The topological polar surface area (TPSA) is 41.5 Å². The second-order valence-corrected chi connectivity index (χ2v) is 8.98. The minimum Gasteiger partial charge on any atom is -0.394 e. The van der Waals surface area contributed by atoms with E-state index >= 15 is 0 Å². The lowest BCUT2D eigenvalue weighted by Crippen LogP contribution is -2.42. The number of ether oxygens (including phenoxy) is 1. The molecule has 0 bridgehead atoms. The van der Waals surface area contributed by atoms with E-state index in [0.717, 1.165) is 42.1 Å². The average molecular weight is 430 g/mol. The fourth-order valence-electron chi connectivity index (χ4n) is 5.08. The van der Waals surface area contributed by atoms with Crippen molar-refractivity contribution in [3.05, 3.63) is 69.7 Å². The highest BCUT2D eigenvalue weighted by Crippen LogP contribution is 2.55. The zero-order chi connectivity index (χ0) is 18.9. The van der Waals surface area contributed by atoms with E-state index < -0.39 is 0 Å². The maximum absolute atomic E-state index is 10.1. The van der Waals surface area contributed by atoms with Crippen LogP contribution >= 0.6 is 15.9 Å². The summed E-state index contributed by atoms with van der Waals surface area (Å²) in [4.78, 5) is 0. The summed E-state index contributed by atoms with van der Waals surface area (Å²) in [5.41, 5.74) is 4.18. The Morgan fingerprint density at radius 2 is 1.93 bits per heavy atom. The van der Waals surface area contributed by atoms with Gasteiger partial charge in [-0.05, 0) is 66.3 Å². The van der Waals surface area contributed by atoms with Crippen LogP contribution in [0.4, 0.5) is 0 Å². The van der Waals surface area contributed by atoms with Gasteiger partial charge in [-0.3, -0.25) is 0 Å². The molecular weight excluding hydrogens is 402 g/mol. The van der Waals surface area contributed by atoms with Crippen LogP contribution < -0.4 is 5.32 Å². The molecule has 1 saturated carbocycles. The summed E-state index contributed by atoms with van der Waals surface area (Å²) in [7, 11) is 1.83. The van der Waals surface area contributed by atoms with Crippen molar-refractivity contribution in [1.29, 1.82) is 0 Å². The van der Waals surface area contributed by atoms with Gasteiger partial charge in [-0.2, -0.15) is 0 Å². The van der Waals surface area contributed by atoms with Gasteiger partial charge in [0.15, 0.2) is 0 Å². The minimum absolute atomic E-state index is 0.0573. The van der Waals surface area contributed by atoms with Gasteiger partial charge in [0, 0.05) is 17.6 Å². The van der Waals surface area contributed by atoms with E-state index in [0.29, 0.717) is 6.10 Å². The second-order valence-electron chi connectivity index (χ2n) is 8.06. The molecule has 4 heteroatoms. The first-order valence-corrected chi connectivity index (χ1v) is 10.7. The fourth-order valence-corrected chi connectivity index (χ4v) is 5.46. The van der Waals surface area contributed by atoms with Crippen LogP contribution in [0.5, 0.6) is 0 Å². The quantitative estimate of drug-likeness (QED) is 0.706. The van der Waals surface area contributed by atoms with Crippen molar-refractivity contribution in [2.75, 3.05) is 13.7 Å². The van der Waals surface area contributed by atoms with Crippen molar-refractivity contribution in [2.45, 2.75) is 50.3 Å². The molecule has 3 nitrogen and oxygen atoms in total. The maximum Gasteiger partial charge on any atom is 0.0626 e. The maximum atomic E-state index is 10.1. The number of rotatable bonds is 5. The lowest BCUT2D eigenvalue weighted by molar-refractivity contribution is 0.0123. The van der Waals surface area contributed by atoms with Crippen molar-refractivity contribution in [3.8, 4) is 0 Å². The summed E-state index contributed by atoms with van der Waals surface area (Å²) < 4.78 is 6.75. The molecule has 2 atom stereocenters. The molecule has 2 aromatic carbocycles. The third-order valence-corrected chi connectivity index (χ3v) is 7.08. The zero-order valence-electron chi connectivity index (χ0n) is 15.8. The van der Waals surface area contributed by atoms with E-state index in [1.807, 2.05) is 25.3 Å². The molecule has 0 amide bonds. The molecule has 0 radical (unpaired) electrons. The summed E-state index contributed by atoms with van der Waals surface area (Å²) in [5, 5.41) is 14.0. The normalized spacial score (nSPS) is 28.3. The third kappa shape index (κ3) is 3.73. The first kappa shape index (κ1) is 19.1. The Hall–Kier alpha value is -1.20. The minimum atomic E-state index is -0.0573. The van der Waals surface area contributed by atoms with E-state index in [-0.39, 0.29) is 24.1 Å². The van der Waals surface area contributed by atoms with Gasteiger partial charge in [-0.1, -0.05) is 52.3 Å². The van der Waals surface area contributed by atoms with Crippen molar-refractivity contribution < 1.29 is 9.84 Å². The molecule has 1 fully saturated rings. The monoisotopic (exact) mass is 429 g/mol. The molecule has 0 heterocycles. The molecule has 1 spiro atoms. The van der Waals surface area contributed by atoms with Gasteiger partial charge >= 0.3 is 0 Å². The summed E-state index contributed by atoms with van der Waals surface area (Å²) in [6.07, 6.45) is 6.02. The number of halogens is 1. The Labute approximate surface area is 170 Å². The van der Waals surface area contributed by atoms with Crippen LogP contribution in [0.1, 0.15) is 54.5 Å². The van der Waals surface area contributed by atoms with E-state index in [2.05, 4.69) is 51.6 Å². The summed E-state index contributed by atoms with van der Waals surface area (Å²) in [5.74, 6) is 0. The van der Waals surface area contributed by atoms with Gasteiger partial charge < -0.3 is 15.2 Å². The number of nitrogens with one attached hydrogen (secondary N) is 1. The van der Waals surface area contributed by atoms with Crippen molar-refractivity contribution in [1.82, 2.24) is 5.32 Å². The van der Waals surface area contributed by atoms with Crippen LogP contribution in [0.2, 0.25) is 0 Å². The van der Waals surface area contributed by atoms with Crippen LogP contribution in [-0.2, 0) is 11.2 Å². The van der Waals surface area contributed by atoms with Crippen LogP contribution in [0.3, 0.4) is 0 Å². The Balaban J connectivity index is 1.66. The molecular formula is C23H28BrNO2. The Bertz CT molecular complexity index is 771. The number of methoxy groups -OCH3 is 1. The van der Waals surface area contributed by atoms with Crippen molar-refractivity contribution >= 4 is 15.9 Å². The molecule has 2 aromatic rings. The van der Waals surface area contributed by atoms with Crippen LogP contribution in [0.25, 0.3) is 0 Å². The Morgan fingerprint density at radius 1 is 1.19 bits per heavy atom. The highest BCUT2D eigenvalue weighted by Gasteiger charge is 2.48. The highest BCUT2D eigenvalue weighted by molar-refractivity contribution is 9.10. The molecule has 2 aliphatic carbocycles. The van der Waals surface area contributed by atoms with Gasteiger partial charge in [0.1, 0.15) is 0 Å². The highest BCUT2D eigenvalue weighted by atomic mass is 79.9. The number of fused-ring (bicyclic) bond motifs is 1. The largest absolute Gasteiger partial charge is 0.394 e. The van der Waals surface area contributed by atoms with E-state index in [9.17, 15) is 5.11 Å². The van der Waals surface area contributed by atoms with Crippen molar-refractivity contribution in [2.24, 2.45) is 5.41 Å². The van der Waals surface area contributed by atoms with Crippen molar-refractivity contribution in [3.63, 3.8) is 0 Å². The van der Waals surface area contributed by atoms with E-state index in [4.69, 9.17) is 4.74 Å². The molecule has 2 aliphatic rings. The number of hydrogen-bond donors (Lipinski definition) is 2. The molecule has 0 aliphatic heterocycles. The zero-order valence-corrected chi connectivity index (χ0v) is 17.4. The van der Waals surface area contributed by atoms with Crippen LogP contribution in [0.15, 0.2) is 53.0 Å². The number of aliphatic hydroxyl groups is 1. The van der Waals surface area contributed by atoms with Gasteiger partial charge in [0.05, 0.1) is 18.8 Å². The number of benzene rings is 2. The molecule has 0 saturated heterocycles. The molecule has 144 valence electrons. The molecule has 27 heavy (non-hydrogen) atoms. The second kappa shape index (κ2) is 8.04. The molecule has 2 N–H and O–H groups in total. The Kier molecular flexibility index (Phi) is 5.70. The predicted molar refractivity (Wildman–Crippen MR) is 112 cm³/mol. The molecule has 1 unspecified atom stereocenters. The first-order valence-electron chi connectivity index (χ1n) is 9.88. The summed E-state index contributed by atoms with van der Waals surface area (Å²) >= 11 is 3.66. The molecule has 0 aromatic heterocycles. The Morgan fingerprint density at radius 3 is 2.59 bits per heavy atom. The van der Waals surface area contributed by atoms with Gasteiger partial charge in [-0.15, -0.1) is 0 Å². The van der Waals surface area contributed by atoms with Gasteiger partial charge in [0.2, 0.25) is 0 Å². The third-order valence-electron chi connectivity index (χ3n) is 6.59.